The molecule has 0 bridgehead atoms. The third kappa shape index (κ3) is 3.12. The molecule has 1 heterocycles. The summed E-state index contributed by atoms with van der Waals surface area (Å²) in [4.78, 5) is 24.2. The van der Waals surface area contributed by atoms with E-state index in [1.165, 1.54) is 24.0 Å². The molecule has 0 aliphatic carbocycles. The van der Waals surface area contributed by atoms with Crippen molar-refractivity contribution in [3.63, 3.8) is 0 Å². The number of benzene rings is 1. The lowest BCUT2D eigenvalue weighted by Crippen LogP contribution is -2.58. The van der Waals surface area contributed by atoms with Gasteiger partial charge in [0.2, 0.25) is 15.9 Å². The molecule has 1 unspecified atom stereocenters. The second kappa shape index (κ2) is 6.05. The maximum atomic E-state index is 12.6. The van der Waals surface area contributed by atoms with Crippen LogP contribution < -0.4 is 0 Å². The molecule has 1 aromatic rings. The predicted octanol–water partition coefficient (Wildman–Crippen LogP) is 0.301. The van der Waals surface area contributed by atoms with Crippen molar-refractivity contribution in [3.8, 4) is 0 Å². The number of carboxylic acid groups (broad SMARTS) is 1. The first kappa shape index (κ1) is 16.4. The predicted molar refractivity (Wildman–Crippen MR) is 78.7 cm³/mol. The van der Waals surface area contributed by atoms with Crippen LogP contribution in [0.15, 0.2) is 29.2 Å². The lowest BCUT2D eigenvalue weighted by Gasteiger charge is -2.37. The Labute approximate surface area is 129 Å². The highest BCUT2D eigenvalue weighted by molar-refractivity contribution is 7.89. The zero-order valence-electron chi connectivity index (χ0n) is 12.4. The second-order valence-corrected chi connectivity index (χ2v) is 7.14. The lowest BCUT2D eigenvalue weighted by atomic mass is 10.2. The summed E-state index contributed by atoms with van der Waals surface area (Å²) >= 11 is 0. The van der Waals surface area contributed by atoms with Gasteiger partial charge in [-0.25, -0.2) is 8.42 Å². The van der Waals surface area contributed by atoms with Crippen LogP contribution in [-0.2, 0) is 19.6 Å². The van der Waals surface area contributed by atoms with Crippen LogP contribution in [0.5, 0.6) is 0 Å². The fourth-order valence-electron chi connectivity index (χ4n) is 2.39. The Morgan fingerprint density at radius 2 is 1.77 bits per heavy atom. The minimum Gasteiger partial charge on any atom is -0.480 e. The van der Waals surface area contributed by atoms with Crippen molar-refractivity contribution in [2.24, 2.45) is 0 Å². The van der Waals surface area contributed by atoms with E-state index in [4.69, 9.17) is 0 Å². The molecule has 7 nitrogen and oxygen atoms in total. The Kier molecular flexibility index (Phi) is 4.52. The Morgan fingerprint density at radius 3 is 2.27 bits per heavy atom. The smallest absolute Gasteiger partial charge is 0.323 e. The van der Waals surface area contributed by atoms with Crippen molar-refractivity contribution < 1.29 is 23.1 Å². The normalized spacial score (nSPS) is 19.9. The van der Waals surface area contributed by atoms with E-state index in [-0.39, 0.29) is 30.4 Å². The molecule has 120 valence electrons. The molecule has 8 heteroatoms. The van der Waals surface area contributed by atoms with Crippen LogP contribution in [-0.4, -0.2) is 60.3 Å². The second-order valence-electron chi connectivity index (χ2n) is 5.25. The number of hydrogen-bond acceptors (Lipinski definition) is 4. The van der Waals surface area contributed by atoms with E-state index >= 15 is 0 Å². The molecule has 0 saturated carbocycles. The molecule has 1 aliphatic rings. The van der Waals surface area contributed by atoms with Crippen LogP contribution in [0.1, 0.15) is 12.5 Å². The number of hydrogen-bond donors (Lipinski definition) is 1. The molecule has 1 amide bonds. The number of aryl methyl sites for hydroxylation is 1. The number of piperazine rings is 1. The number of amides is 1. The van der Waals surface area contributed by atoms with Gasteiger partial charge in [0.15, 0.2) is 0 Å². The number of sulfonamides is 1. The third-order valence-corrected chi connectivity index (χ3v) is 5.61. The van der Waals surface area contributed by atoms with E-state index in [1.807, 2.05) is 6.92 Å². The molecule has 1 aromatic carbocycles. The Hall–Kier alpha value is -1.93. The van der Waals surface area contributed by atoms with Gasteiger partial charge in [-0.1, -0.05) is 17.7 Å². The molecule has 1 atom stereocenters. The van der Waals surface area contributed by atoms with Crippen LogP contribution in [0, 0.1) is 6.92 Å². The summed E-state index contributed by atoms with van der Waals surface area (Å²) in [7, 11) is -3.91. The molecular weight excluding hydrogens is 308 g/mol. The zero-order valence-corrected chi connectivity index (χ0v) is 13.2. The minimum absolute atomic E-state index is 0.0350. The maximum Gasteiger partial charge on any atom is 0.323 e. The van der Waals surface area contributed by atoms with E-state index in [1.54, 1.807) is 12.1 Å². The van der Waals surface area contributed by atoms with E-state index in [0.717, 1.165) is 9.87 Å². The minimum atomic E-state index is -3.91. The van der Waals surface area contributed by atoms with Crippen LogP contribution in [0.4, 0.5) is 0 Å². The van der Waals surface area contributed by atoms with Crippen LogP contribution in [0.25, 0.3) is 0 Å². The highest BCUT2D eigenvalue weighted by Crippen LogP contribution is 2.22. The van der Waals surface area contributed by atoms with Crippen molar-refractivity contribution in [2.45, 2.75) is 24.8 Å². The highest BCUT2D eigenvalue weighted by atomic mass is 32.2. The van der Waals surface area contributed by atoms with Crippen molar-refractivity contribution in [1.29, 1.82) is 0 Å². The molecule has 0 spiro atoms. The van der Waals surface area contributed by atoms with Crippen LogP contribution >= 0.6 is 0 Å². The van der Waals surface area contributed by atoms with E-state index in [0.29, 0.717) is 0 Å². The number of aliphatic carboxylic acids is 1. The Balaban J connectivity index is 2.35. The monoisotopic (exact) mass is 326 g/mol. The number of rotatable bonds is 3. The van der Waals surface area contributed by atoms with Gasteiger partial charge in [0, 0.05) is 26.6 Å². The summed E-state index contributed by atoms with van der Waals surface area (Å²) in [6, 6.07) is 4.97. The molecule has 1 aliphatic heterocycles. The Morgan fingerprint density at radius 1 is 1.18 bits per heavy atom. The standard InChI is InChI=1S/C14H18N2O5S/c1-10-3-5-12(6-4-10)22(20,21)16-8-7-15(11(2)17)9-13(16)14(18)19/h3-6,13H,7-9H2,1-2H3,(H,18,19). The first-order valence-corrected chi connectivity index (χ1v) is 8.24. The van der Waals surface area contributed by atoms with Gasteiger partial charge < -0.3 is 10.0 Å². The largest absolute Gasteiger partial charge is 0.480 e. The molecule has 1 fully saturated rings. The number of carboxylic acids is 1. The summed E-state index contributed by atoms with van der Waals surface area (Å²) in [5.41, 5.74) is 0.912. The highest BCUT2D eigenvalue weighted by Gasteiger charge is 2.40. The van der Waals surface area contributed by atoms with E-state index in [9.17, 15) is 23.1 Å². The number of carbonyl (C=O) groups is 2. The topological polar surface area (TPSA) is 95.0 Å². The number of carbonyl (C=O) groups excluding carboxylic acids is 1. The van der Waals surface area contributed by atoms with Crippen LogP contribution in [0.3, 0.4) is 0 Å². The molecule has 22 heavy (non-hydrogen) atoms. The molecule has 0 aromatic heterocycles. The van der Waals surface area contributed by atoms with Gasteiger partial charge in [0.25, 0.3) is 0 Å². The first-order chi connectivity index (χ1) is 10.2. The quantitative estimate of drug-likeness (QED) is 0.862. The van der Waals surface area contributed by atoms with Gasteiger partial charge >= 0.3 is 5.97 Å². The molecule has 0 radical (unpaired) electrons. The van der Waals surface area contributed by atoms with Crippen molar-refractivity contribution in [2.75, 3.05) is 19.6 Å². The van der Waals surface area contributed by atoms with E-state index in [2.05, 4.69) is 0 Å². The molecular formula is C14H18N2O5S. The van der Waals surface area contributed by atoms with Gasteiger partial charge in [-0.3, -0.25) is 9.59 Å². The number of nitrogens with zero attached hydrogens (tertiary/aromatic N) is 2. The van der Waals surface area contributed by atoms with Crippen molar-refractivity contribution in [3.05, 3.63) is 29.8 Å². The molecule has 2 rings (SSSR count). The van der Waals surface area contributed by atoms with Gasteiger partial charge in [0.1, 0.15) is 6.04 Å². The average Bonchev–Trinajstić information content (AvgIpc) is 2.46. The van der Waals surface area contributed by atoms with Gasteiger partial charge in [-0.2, -0.15) is 4.31 Å². The third-order valence-electron chi connectivity index (χ3n) is 3.69. The lowest BCUT2D eigenvalue weighted by molar-refractivity contribution is -0.145. The molecule has 1 saturated heterocycles. The summed E-state index contributed by atoms with van der Waals surface area (Å²) < 4.78 is 26.3. The summed E-state index contributed by atoms with van der Waals surface area (Å²) in [5.74, 6) is -1.53. The maximum absolute atomic E-state index is 12.6. The zero-order chi connectivity index (χ0) is 16.5. The fourth-order valence-corrected chi connectivity index (χ4v) is 3.95. The first-order valence-electron chi connectivity index (χ1n) is 6.80. The summed E-state index contributed by atoms with van der Waals surface area (Å²) in [6.07, 6.45) is 0. The van der Waals surface area contributed by atoms with Crippen LogP contribution in [0.2, 0.25) is 0 Å². The van der Waals surface area contributed by atoms with Gasteiger partial charge in [0.05, 0.1) is 4.90 Å². The van der Waals surface area contributed by atoms with Gasteiger partial charge in [-0.05, 0) is 19.1 Å². The average molecular weight is 326 g/mol. The van der Waals surface area contributed by atoms with E-state index < -0.39 is 22.0 Å². The van der Waals surface area contributed by atoms with Gasteiger partial charge in [-0.15, -0.1) is 0 Å². The Bertz CT molecular complexity index is 684. The fraction of sp³-hybridized carbons (Fsp3) is 0.429. The molecule has 1 N–H and O–H groups in total. The summed E-state index contributed by atoms with van der Waals surface area (Å²) in [6.45, 7) is 3.18. The van der Waals surface area contributed by atoms with Crippen molar-refractivity contribution in [1.82, 2.24) is 9.21 Å². The summed E-state index contributed by atoms with van der Waals surface area (Å²) in [5, 5.41) is 9.32. The van der Waals surface area contributed by atoms with Crippen molar-refractivity contribution >= 4 is 21.9 Å². The SMILES string of the molecule is CC(=O)N1CCN(S(=O)(=O)c2ccc(C)cc2)C(C(=O)O)C1.